The summed E-state index contributed by atoms with van der Waals surface area (Å²) < 4.78 is 5.70. The summed E-state index contributed by atoms with van der Waals surface area (Å²) in [6, 6.07) is 7.57. The molecule has 18 heavy (non-hydrogen) atoms. The van der Waals surface area contributed by atoms with E-state index in [1.807, 2.05) is 18.2 Å². The van der Waals surface area contributed by atoms with Gasteiger partial charge in [-0.05, 0) is 20.0 Å². The van der Waals surface area contributed by atoms with E-state index in [0.29, 0.717) is 5.75 Å². The quantitative estimate of drug-likeness (QED) is 0.847. The maximum atomic E-state index is 9.78. The van der Waals surface area contributed by atoms with Gasteiger partial charge in [0.25, 0.3) is 0 Å². The van der Waals surface area contributed by atoms with E-state index in [0.717, 1.165) is 31.8 Å². The molecule has 1 heterocycles. The number of benzene rings is 1. The zero-order valence-corrected chi connectivity index (χ0v) is 11.1. The SMILES string of the molecule is CC(NCC1CN(C)CCO1)c1ccccc1O. The number of hydrogen-bond donors (Lipinski definition) is 2. The molecule has 1 aliphatic rings. The van der Waals surface area contributed by atoms with Crippen LogP contribution < -0.4 is 5.32 Å². The second-order valence-corrected chi connectivity index (χ2v) is 4.94. The lowest BCUT2D eigenvalue weighted by atomic mass is 10.1. The summed E-state index contributed by atoms with van der Waals surface area (Å²) >= 11 is 0. The number of phenolic OH excluding ortho intramolecular Hbond substituents is 1. The molecule has 2 N–H and O–H groups in total. The van der Waals surface area contributed by atoms with Crippen LogP contribution in [0.4, 0.5) is 0 Å². The van der Waals surface area contributed by atoms with Crippen molar-refractivity contribution in [3.05, 3.63) is 29.8 Å². The molecule has 100 valence electrons. The van der Waals surface area contributed by atoms with Gasteiger partial charge < -0.3 is 20.1 Å². The third-order valence-electron chi connectivity index (χ3n) is 3.40. The first kappa shape index (κ1) is 13.3. The van der Waals surface area contributed by atoms with Crippen LogP contribution >= 0.6 is 0 Å². The Hall–Kier alpha value is -1.10. The molecule has 2 atom stereocenters. The number of aromatic hydroxyl groups is 1. The predicted octanol–water partition coefficient (Wildman–Crippen LogP) is 1.37. The predicted molar refractivity (Wildman–Crippen MR) is 71.8 cm³/mol. The maximum absolute atomic E-state index is 9.78. The number of phenols is 1. The number of likely N-dealkylation sites (N-methyl/N-ethyl adjacent to an activating group) is 1. The summed E-state index contributed by atoms with van der Waals surface area (Å²) in [6.45, 7) is 5.63. The fraction of sp³-hybridized carbons (Fsp3) is 0.571. The molecule has 2 unspecified atom stereocenters. The van der Waals surface area contributed by atoms with E-state index >= 15 is 0 Å². The molecule has 4 nitrogen and oxygen atoms in total. The first-order chi connectivity index (χ1) is 8.66. The number of rotatable bonds is 4. The van der Waals surface area contributed by atoms with E-state index < -0.39 is 0 Å². The lowest BCUT2D eigenvalue weighted by Crippen LogP contribution is -2.45. The van der Waals surface area contributed by atoms with E-state index in [1.165, 1.54) is 0 Å². The summed E-state index contributed by atoms with van der Waals surface area (Å²) in [4.78, 5) is 2.28. The van der Waals surface area contributed by atoms with Crippen LogP contribution in [-0.2, 0) is 4.74 Å². The normalized spacial score (nSPS) is 22.9. The number of nitrogens with zero attached hydrogens (tertiary/aromatic N) is 1. The lowest BCUT2D eigenvalue weighted by Gasteiger charge is -2.31. The van der Waals surface area contributed by atoms with Gasteiger partial charge in [-0.25, -0.2) is 0 Å². The van der Waals surface area contributed by atoms with Crippen molar-refractivity contribution in [2.75, 3.05) is 33.3 Å². The van der Waals surface area contributed by atoms with Crippen molar-refractivity contribution in [3.8, 4) is 5.75 Å². The van der Waals surface area contributed by atoms with Gasteiger partial charge in [0, 0.05) is 31.2 Å². The van der Waals surface area contributed by atoms with Crippen LogP contribution in [0.1, 0.15) is 18.5 Å². The van der Waals surface area contributed by atoms with E-state index in [2.05, 4.69) is 24.2 Å². The van der Waals surface area contributed by atoms with Crippen molar-refractivity contribution in [3.63, 3.8) is 0 Å². The van der Waals surface area contributed by atoms with Crippen molar-refractivity contribution >= 4 is 0 Å². The van der Waals surface area contributed by atoms with Gasteiger partial charge in [0.05, 0.1) is 12.7 Å². The smallest absolute Gasteiger partial charge is 0.120 e. The van der Waals surface area contributed by atoms with Crippen LogP contribution in [0.15, 0.2) is 24.3 Å². The summed E-state index contributed by atoms with van der Waals surface area (Å²) in [5.74, 6) is 0.346. The molecule has 4 heteroatoms. The minimum Gasteiger partial charge on any atom is -0.508 e. The highest BCUT2D eigenvalue weighted by molar-refractivity contribution is 5.34. The van der Waals surface area contributed by atoms with Gasteiger partial charge in [-0.3, -0.25) is 0 Å². The molecule has 1 aliphatic heterocycles. The van der Waals surface area contributed by atoms with Crippen molar-refractivity contribution in [2.24, 2.45) is 0 Å². The van der Waals surface area contributed by atoms with E-state index in [-0.39, 0.29) is 12.1 Å². The summed E-state index contributed by atoms with van der Waals surface area (Å²) in [5.41, 5.74) is 0.932. The molecule has 0 spiro atoms. The number of hydrogen-bond acceptors (Lipinski definition) is 4. The first-order valence-corrected chi connectivity index (χ1v) is 6.48. The Morgan fingerprint density at radius 2 is 2.28 bits per heavy atom. The Morgan fingerprint density at radius 1 is 1.50 bits per heavy atom. The van der Waals surface area contributed by atoms with E-state index in [1.54, 1.807) is 6.07 Å². The minimum atomic E-state index is 0.127. The Labute approximate surface area is 109 Å². The fourth-order valence-electron chi connectivity index (χ4n) is 2.26. The molecule has 1 saturated heterocycles. The maximum Gasteiger partial charge on any atom is 0.120 e. The average molecular weight is 250 g/mol. The summed E-state index contributed by atoms with van der Waals surface area (Å²) in [7, 11) is 2.11. The van der Waals surface area contributed by atoms with Gasteiger partial charge in [0.15, 0.2) is 0 Å². The highest BCUT2D eigenvalue weighted by atomic mass is 16.5. The molecule has 1 aromatic carbocycles. The van der Waals surface area contributed by atoms with Crippen molar-refractivity contribution in [1.29, 1.82) is 0 Å². The molecule has 1 fully saturated rings. The second-order valence-electron chi connectivity index (χ2n) is 4.94. The Morgan fingerprint density at radius 3 is 3.00 bits per heavy atom. The molecule has 0 bridgehead atoms. The third kappa shape index (κ3) is 3.45. The third-order valence-corrected chi connectivity index (χ3v) is 3.40. The van der Waals surface area contributed by atoms with Crippen molar-refractivity contribution < 1.29 is 9.84 Å². The molecule has 0 amide bonds. The average Bonchev–Trinajstić information content (AvgIpc) is 2.37. The van der Waals surface area contributed by atoms with Crippen LogP contribution in [0.3, 0.4) is 0 Å². The van der Waals surface area contributed by atoms with E-state index in [9.17, 15) is 5.11 Å². The lowest BCUT2D eigenvalue weighted by molar-refractivity contribution is -0.0191. The molecule has 0 aromatic heterocycles. The topological polar surface area (TPSA) is 44.7 Å². The monoisotopic (exact) mass is 250 g/mol. The molecule has 2 rings (SSSR count). The molecule has 1 aromatic rings. The van der Waals surface area contributed by atoms with Crippen LogP contribution in [0.5, 0.6) is 5.75 Å². The van der Waals surface area contributed by atoms with Gasteiger partial charge in [-0.2, -0.15) is 0 Å². The van der Waals surface area contributed by atoms with Crippen LogP contribution in [0.25, 0.3) is 0 Å². The Kier molecular flexibility index (Phi) is 4.58. The highest BCUT2D eigenvalue weighted by Crippen LogP contribution is 2.23. The fourth-order valence-corrected chi connectivity index (χ4v) is 2.26. The first-order valence-electron chi connectivity index (χ1n) is 6.48. The summed E-state index contributed by atoms with van der Waals surface area (Å²) in [5, 5.41) is 13.2. The second kappa shape index (κ2) is 6.18. The van der Waals surface area contributed by atoms with Gasteiger partial charge in [-0.15, -0.1) is 0 Å². The van der Waals surface area contributed by atoms with Crippen LogP contribution in [0, 0.1) is 0 Å². The van der Waals surface area contributed by atoms with Gasteiger partial charge in [0.2, 0.25) is 0 Å². The van der Waals surface area contributed by atoms with Gasteiger partial charge in [0.1, 0.15) is 5.75 Å². The zero-order valence-electron chi connectivity index (χ0n) is 11.1. The van der Waals surface area contributed by atoms with E-state index in [4.69, 9.17) is 4.74 Å². The van der Waals surface area contributed by atoms with Crippen molar-refractivity contribution in [2.45, 2.75) is 19.1 Å². The largest absolute Gasteiger partial charge is 0.508 e. The Bertz CT molecular complexity index is 384. The molecule has 0 saturated carbocycles. The minimum absolute atomic E-state index is 0.127. The van der Waals surface area contributed by atoms with Crippen molar-refractivity contribution in [1.82, 2.24) is 10.2 Å². The standard InChI is InChI=1S/C14H22N2O2/c1-11(13-5-3-4-6-14(13)17)15-9-12-10-16(2)7-8-18-12/h3-6,11-12,15,17H,7-10H2,1-2H3. The number of morpholine rings is 1. The van der Waals surface area contributed by atoms with Crippen LogP contribution in [0.2, 0.25) is 0 Å². The number of nitrogens with one attached hydrogen (secondary N) is 1. The molecular formula is C14H22N2O2. The molecule has 0 aliphatic carbocycles. The number of ether oxygens (including phenoxy) is 1. The highest BCUT2D eigenvalue weighted by Gasteiger charge is 2.18. The van der Waals surface area contributed by atoms with Gasteiger partial charge >= 0.3 is 0 Å². The molecular weight excluding hydrogens is 228 g/mol. The van der Waals surface area contributed by atoms with Crippen LogP contribution in [-0.4, -0.2) is 49.4 Å². The zero-order chi connectivity index (χ0) is 13.0. The number of para-hydroxylation sites is 1. The molecule has 0 radical (unpaired) electrons. The summed E-state index contributed by atoms with van der Waals surface area (Å²) in [6.07, 6.45) is 0.233. The Balaban J connectivity index is 1.84. The van der Waals surface area contributed by atoms with Gasteiger partial charge in [-0.1, -0.05) is 18.2 Å².